The molecule has 2 aromatic rings. The van der Waals surface area contributed by atoms with E-state index in [0.717, 1.165) is 18.7 Å². The molecule has 0 radical (unpaired) electrons. The Morgan fingerprint density at radius 3 is 2.80 bits per heavy atom. The minimum atomic E-state index is 0. The third kappa shape index (κ3) is 4.71. The molecule has 2 unspecified atom stereocenters. The minimum absolute atomic E-state index is 0. The average Bonchev–Trinajstić information content (AvgIpc) is 3.05. The molecule has 1 aliphatic rings. The summed E-state index contributed by atoms with van der Waals surface area (Å²) in [6.45, 7) is 5.74. The first-order valence-electron chi connectivity index (χ1n) is 8.16. The Hall–Kier alpha value is -1.63. The highest BCUT2D eigenvalue weighted by atomic mass is 35.5. The molecule has 1 aromatic heterocycles. The van der Waals surface area contributed by atoms with E-state index in [1.54, 1.807) is 12.1 Å². The van der Waals surface area contributed by atoms with Gasteiger partial charge < -0.3 is 14.7 Å². The van der Waals surface area contributed by atoms with Gasteiger partial charge in [0.15, 0.2) is 0 Å². The number of rotatable bonds is 4. The lowest BCUT2D eigenvalue weighted by Gasteiger charge is -2.38. The van der Waals surface area contributed by atoms with Crippen molar-refractivity contribution < 1.29 is 9.32 Å². The van der Waals surface area contributed by atoms with Gasteiger partial charge in [0.25, 0.3) is 0 Å². The highest BCUT2D eigenvalue weighted by Crippen LogP contribution is 2.19. The van der Waals surface area contributed by atoms with E-state index in [-0.39, 0.29) is 24.4 Å². The van der Waals surface area contributed by atoms with Gasteiger partial charge in [-0.05, 0) is 38.1 Å². The van der Waals surface area contributed by atoms with Gasteiger partial charge in [0, 0.05) is 48.6 Å². The molecule has 0 spiro atoms. The number of piperazine rings is 1. The van der Waals surface area contributed by atoms with Crippen molar-refractivity contribution in [3.05, 3.63) is 35.2 Å². The van der Waals surface area contributed by atoms with Crippen LogP contribution in [0.1, 0.15) is 26.2 Å². The second-order valence-electron chi connectivity index (χ2n) is 6.09. The lowest BCUT2D eigenvalue weighted by molar-refractivity contribution is -0.134. The van der Waals surface area contributed by atoms with Gasteiger partial charge in [0.1, 0.15) is 0 Å². The molecule has 1 aromatic carbocycles. The number of hydrogen-bond acceptors (Lipinski definition) is 5. The van der Waals surface area contributed by atoms with Crippen LogP contribution < -0.4 is 5.32 Å². The van der Waals surface area contributed by atoms with Crippen molar-refractivity contribution in [3.63, 3.8) is 0 Å². The third-order valence-corrected chi connectivity index (χ3v) is 4.73. The van der Waals surface area contributed by atoms with Crippen LogP contribution in [-0.4, -0.2) is 46.1 Å². The molecular weight excluding hydrogens is 363 g/mol. The number of hydrogen-bond donors (Lipinski definition) is 1. The fourth-order valence-electron chi connectivity index (χ4n) is 2.84. The Bertz CT molecular complexity index is 705. The molecule has 1 fully saturated rings. The summed E-state index contributed by atoms with van der Waals surface area (Å²) in [6.07, 6.45) is 0.823. The maximum atomic E-state index is 12.4. The predicted octanol–water partition coefficient (Wildman–Crippen LogP) is 2.95. The molecular formula is C17H22Cl2N4O2. The smallest absolute Gasteiger partial charge is 0.227 e. The summed E-state index contributed by atoms with van der Waals surface area (Å²) >= 11 is 5.87. The number of carbonyl (C=O) groups is 1. The van der Waals surface area contributed by atoms with Crippen LogP contribution in [0.3, 0.4) is 0 Å². The quantitative estimate of drug-likeness (QED) is 0.876. The average molecular weight is 385 g/mol. The first-order chi connectivity index (χ1) is 11.5. The summed E-state index contributed by atoms with van der Waals surface area (Å²) in [5, 5.41) is 8.00. The molecule has 3 rings (SSSR count). The van der Waals surface area contributed by atoms with E-state index >= 15 is 0 Å². The molecule has 1 aliphatic heterocycles. The number of aromatic nitrogens is 2. The minimum Gasteiger partial charge on any atom is -0.339 e. The monoisotopic (exact) mass is 384 g/mol. The first kappa shape index (κ1) is 19.7. The molecule has 136 valence electrons. The Morgan fingerprint density at radius 1 is 1.36 bits per heavy atom. The molecule has 6 nitrogen and oxygen atoms in total. The fourth-order valence-corrected chi connectivity index (χ4v) is 2.96. The van der Waals surface area contributed by atoms with Crippen LogP contribution in [0.5, 0.6) is 0 Å². The van der Waals surface area contributed by atoms with Crippen molar-refractivity contribution in [2.75, 3.05) is 13.1 Å². The van der Waals surface area contributed by atoms with Crippen LogP contribution in [0.15, 0.2) is 28.8 Å². The van der Waals surface area contributed by atoms with Gasteiger partial charge in [-0.2, -0.15) is 4.98 Å². The molecule has 1 saturated heterocycles. The number of nitrogens with zero attached hydrogens (tertiary/aromatic N) is 3. The molecule has 25 heavy (non-hydrogen) atoms. The maximum absolute atomic E-state index is 12.4. The number of benzene rings is 1. The molecule has 1 amide bonds. The number of nitrogens with one attached hydrogen (secondary N) is 1. The summed E-state index contributed by atoms with van der Waals surface area (Å²) < 4.78 is 5.26. The standard InChI is InChI=1S/C17H21ClN4O2.ClH/c1-11-12(2)22(10-9-19-11)16(23)8-7-15-20-17(21-24-15)13-3-5-14(18)6-4-13;/h3-6,11-12,19H,7-10H2,1-2H3;1H. The van der Waals surface area contributed by atoms with Gasteiger partial charge in [0.2, 0.25) is 17.6 Å². The van der Waals surface area contributed by atoms with Crippen molar-refractivity contribution in [1.82, 2.24) is 20.4 Å². The van der Waals surface area contributed by atoms with Gasteiger partial charge >= 0.3 is 0 Å². The lowest BCUT2D eigenvalue weighted by Crippen LogP contribution is -2.57. The normalized spacial score (nSPS) is 20.2. The second-order valence-corrected chi connectivity index (χ2v) is 6.53. The van der Waals surface area contributed by atoms with Crippen LogP contribution in [0.4, 0.5) is 0 Å². The van der Waals surface area contributed by atoms with Crippen molar-refractivity contribution in [2.45, 2.75) is 38.8 Å². The van der Waals surface area contributed by atoms with E-state index < -0.39 is 0 Å². The second kappa shape index (κ2) is 8.65. The Kier molecular flexibility index (Phi) is 6.81. The van der Waals surface area contributed by atoms with Gasteiger partial charge in [-0.15, -0.1) is 12.4 Å². The van der Waals surface area contributed by atoms with E-state index in [9.17, 15) is 4.79 Å². The first-order valence-corrected chi connectivity index (χ1v) is 8.54. The topological polar surface area (TPSA) is 71.3 Å². The van der Waals surface area contributed by atoms with Gasteiger partial charge in [-0.1, -0.05) is 16.8 Å². The van der Waals surface area contributed by atoms with Crippen molar-refractivity contribution in [2.24, 2.45) is 0 Å². The van der Waals surface area contributed by atoms with Crippen LogP contribution >= 0.6 is 24.0 Å². The summed E-state index contributed by atoms with van der Waals surface area (Å²) in [5.41, 5.74) is 0.838. The number of amides is 1. The Morgan fingerprint density at radius 2 is 2.08 bits per heavy atom. The Balaban J connectivity index is 0.00000225. The zero-order valence-corrected chi connectivity index (χ0v) is 15.8. The molecule has 0 saturated carbocycles. The van der Waals surface area contributed by atoms with Crippen molar-refractivity contribution in [1.29, 1.82) is 0 Å². The molecule has 1 N–H and O–H groups in total. The van der Waals surface area contributed by atoms with Crippen LogP contribution in [-0.2, 0) is 11.2 Å². The largest absolute Gasteiger partial charge is 0.339 e. The van der Waals surface area contributed by atoms with Crippen LogP contribution in [0, 0.1) is 0 Å². The summed E-state index contributed by atoms with van der Waals surface area (Å²) in [4.78, 5) is 18.7. The van der Waals surface area contributed by atoms with E-state index in [2.05, 4.69) is 29.3 Å². The molecule has 2 atom stereocenters. The fraction of sp³-hybridized carbons (Fsp3) is 0.471. The van der Waals surface area contributed by atoms with E-state index in [1.807, 2.05) is 17.0 Å². The number of halogens is 2. The van der Waals surface area contributed by atoms with Crippen molar-refractivity contribution >= 4 is 29.9 Å². The van der Waals surface area contributed by atoms with E-state index in [4.69, 9.17) is 16.1 Å². The summed E-state index contributed by atoms with van der Waals surface area (Å²) in [7, 11) is 0. The van der Waals surface area contributed by atoms with E-state index in [1.165, 1.54) is 0 Å². The highest BCUT2D eigenvalue weighted by molar-refractivity contribution is 6.30. The molecule has 0 aliphatic carbocycles. The van der Waals surface area contributed by atoms with Gasteiger partial charge in [-0.3, -0.25) is 4.79 Å². The zero-order chi connectivity index (χ0) is 17.1. The number of aryl methyl sites for hydroxylation is 1. The maximum Gasteiger partial charge on any atom is 0.227 e. The molecule has 2 heterocycles. The van der Waals surface area contributed by atoms with Gasteiger partial charge in [0.05, 0.1) is 0 Å². The Labute approximate surface area is 158 Å². The van der Waals surface area contributed by atoms with E-state index in [0.29, 0.717) is 35.6 Å². The predicted molar refractivity (Wildman–Crippen MR) is 99.0 cm³/mol. The number of carbonyl (C=O) groups excluding carboxylic acids is 1. The lowest BCUT2D eigenvalue weighted by atomic mass is 10.1. The van der Waals surface area contributed by atoms with Crippen LogP contribution in [0.2, 0.25) is 5.02 Å². The summed E-state index contributed by atoms with van der Waals surface area (Å²) in [5.74, 6) is 1.12. The highest BCUT2D eigenvalue weighted by Gasteiger charge is 2.27. The SMILES string of the molecule is CC1NCCN(C(=O)CCc2nc(-c3ccc(Cl)cc3)no2)C1C.Cl. The van der Waals surface area contributed by atoms with Gasteiger partial charge in [-0.25, -0.2) is 0 Å². The summed E-state index contributed by atoms with van der Waals surface area (Å²) in [6, 6.07) is 7.74. The van der Waals surface area contributed by atoms with Crippen LogP contribution in [0.25, 0.3) is 11.4 Å². The van der Waals surface area contributed by atoms with Crippen molar-refractivity contribution in [3.8, 4) is 11.4 Å². The third-order valence-electron chi connectivity index (χ3n) is 4.48. The zero-order valence-electron chi connectivity index (χ0n) is 14.2. The molecule has 0 bridgehead atoms. The molecule has 8 heteroatoms.